The average molecular weight is 408 g/mol. The molecule has 0 unspecified atom stereocenters. The van der Waals surface area contributed by atoms with Gasteiger partial charge in [-0.1, -0.05) is 11.6 Å². The number of hydrogen-bond donors (Lipinski definition) is 2. The van der Waals surface area contributed by atoms with Crippen molar-refractivity contribution in [3.05, 3.63) is 70.0 Å². The van der Waals surface area contributed by atoms with Gasteiger partial charge in [0, 0.05) is 34.9 Å². The zero-order valence-electron chi connectivity index (χ0n) is 14.2. The van der Waals surface area contributed by atoms with Crippen LogP contribution in [0, 0.1) is 11.3 Å². The van der Waals surface area contributed by atoms with E-state index in [0.717, 1.165) is 12.1 Å². The van der Waals surface area contributed by atoms with Gasteiger partial charge in [-0.15, -0.1) is 0 Å². The van der Waals surface area contributed by atoms with Crippen molar-refractivity contribution in [2.24, 2.45) is 0 Å². The number of aromatic nitrogens is 2. The average Bonchev–Trinajstić information content (AvgIpc) is 2.96. The Morgan fingerprint density at radius 3 is 2.71 bits per heavy atom. The number of halogens is 4. The van der Waals surface area contributed by atoms with E-state index < -0.39 is 18.0 Å². The van der Waals surface area contributed by atoms with Crippen LogP contribution in [0.15, 0.2) is 48.3 Å². The van der Waals surface area contributed by atoms with E-state index in [2.05, 4.69) is 4.98 Å². The van der Waals surface area contributed by atoms with Gasteiger partial charge in [0.05, 0.1) is 11.1 Å². The molecule has 0 aliphatic rings. The van der Waals surface area contributed by atoms with Gasteiger partial charge in [-0.05, 0) is 42.0 Å². The molecule has 0 saturated heterocycles. The number of rotatable bonds is 4. The summed E-state index contributed by atoms with van der Waals surface area (Å²) in [5.41, 5.74) is 0.137. The second kappa shape index (κ2) is 7.64. The van der Waals surface area contributed by atoms with Crippen molar-refractivity contribution in [1.82, 2.24) is 9.55 Å². The number of fused-ring (bicyclic) bond motifs is 1. The lowest BCUT2D eigenvalue weighted by molar-refractivity contribution is -0.137. The molecule has 0 atom stereocenters. The van der Waals surface area contributed by atoms with Crippen molar-refractivity contribution in [2.45, 2.75) is 19.0 Å². The molecule has 0 fully saturated rings. The first kappa shape index (κ1) is 19.9. The molecular weight excluding hydrogens is 395 g/mol. The van der Waals surface area contributed by atoms with Gasteiger partial charge in [-0.25, -0.2) is 4.98 Å². The molecule has 0 amide bonds. The van der Waals surface area contributed by atoms with Crippen LogP contribution in [0.1, 0.15) is 16.7 Å². The number of aliphatic hydroxyl groups is 2. The topological polar surface area (TPSA) is 82.1 Å². The molecule has 9 heteroatoms. The normalized spacial score (nSPS) is 12.6. The van der Waals surface area contributed by atoms with E-state index >= 15 is 0 Å². The van der Waals surface area contributed by atoms with Crippen molar-refractivity contribution >= 4 is 28.7 Å². The molecule has 0 aliphatic carbocycles. The summed E-state index contributed by atoms with van der Waals surface area (Å²) in [7, 11) is 0. The zero-order chi connectivity index (χ0) is 20.5. The summed E-state index contributed by atoms with van der Waals surface area (Å²) in [6.07, 6.45) is -2.07. The summed E-state index contributed by atoms with van der Waals surface area (Å²) >= 11 is 5.84. The lowest BCUT2D eigenvalue weighted by atomic mass is 10.1. The van der Waals surface area contributed by atoms with Gasteiger partial charge in [0.25, 0.3) is 0 Å². The fourth-order valence-electron chi connectivity index (χ4n) is 2.82. The number of aliphatic hydroxyl groups excluding tert-OH is 1. The Morgan fingerprint density at radius 2 is 2.07 bits per heavy atom. The highest BCUT2D eigenvalue weighted by atomic mass is 35.5. The molecule has 5 nitrogen and oxygen atoms in total. The van der Waals surface area contributed by atoms with Gasteiger partial charge in [-0.3, -0.25) is 0 Å². The van der Waals surface area contributed by atoms with Crippen LogP contribution in [0.3, 0.4) is 0 Å². The Kier molecular flexibility index (Phi) is 5.42. The van der Waals surface area contributed by atoms with Crippen LogP contribution < -0.4 is 0 Å². The summed E-state index contributed by atoms with van der Waals surface area (Å²) in [5, 5.41) is 28.1. The first-order valence-electron chi connectivity index (χ1n) is 7.97. The molecule has 0 saturated carbocycles. The van der Waals surface area contributed by atoms with Crippen LogP contribution >= 0.6 is 11.6 Å². The van der Waals surface area contributed by atoms with Gasteiger partial charge in [-0.2, -0.15) is 18.4 Å². The SMILES string of the molecule is N#C/C(=C\c1cn(Cc2cc(Cl)cc(C(F)(F)F)c2)c2ncccc12)C(O)O. The maximum Gasteiger partial charge on any atom is 0.416 e. The van der Waals surface area contributed by atoms with Crippen LogP contribution in [-0.4, -0.2) is 26.1 Å². The van der Waals surface area contributed by atoms with Crippen LogP contribution in [0.5, 0.6) is 0 Å². The van der Waals surface area contributed by atoms with Crippen molar-refractivity contribution in [3.63, 3.8) is 0 Å². The summed E-state index contributed by atoms with van der Waals surface area (Å²) in [6.45, 7) is 0.0502. The highest BCUT2D eigenvalue weighted by molar-refractivity contribution is 6.30. The molecule has 28 heavy (non-hydrogen) atoms. The number of hydrogen-bond acceptors (Lipinski definition) is 4. The molecule has 1 aromatic carbocycles. The smallest absolute Gasteiger partial charge is 0.364 e. The molecule has 2 N–H and O–H groups in total. The van der Waals surface area contributed by atoms with E-state index in [1.807, 2.05) is 0 Å². The molecule has 3 aromatic rings. The van der Waals surface area contributed by atoms with Crippen molar-refractivity contribution in [2.75, 3.05) is 0 Å². The van der Waals surface area contributed by atoms with Gasteiger partial charge in [0.15, 0.2) is 6.29 Å². The van der Waals surface area contributed by atoms with Gasteiger partial charge >= 0.3 is 6.18 Å². The number of nitrogens with zero attached hydrogens (tertiary/aromatic N) is 3. The van der Waals surface area contributed by atoms with Crippen LogP contribution in [0.2, 0.25) is 5.02 Å². The van der Waals surface area contributed by atoms with Crippen molar-refractivity contribution in [3.8, 4) is 6.07 Å². The van der Waals surface area contributed by atoms with Crippen LogP contribution in [-0.2, 0) is 12.7 Å². The Bertz CT molecular complexity index is 1100. The van der Waals surface area contributed by atoms with Gasteiger partial charge < -0.3 is 14.8 Å². The van der Waals surface area contributed by atoms with E-state index in [9.17, 15) is 23.4 Å². The first-order chi connectivity index (χ1) is 13.2. The van der Waals surface area contributed by atoms with E-state index in [-0.39, 0.29) is 17.1 Å². The molecule has 0 radical (unpaired) electrons. The number of benzene rings is 1. The van der Waals surface area contributed by atoms with E-state index in [1.54, 1.807) is 29.0 Å². The Labute approximate surface area is 162 Å². The number of alkyl halides is 3. The van der Waals surface area contributed by atoms with Crippen LogP contribution in [0.4, 0.5) is 13.2 Å². The minimum atomic E-state index is -4.52. The molecule has 0 spiro atoms. The van der Waals surface area contributed by atoms with Crippen molar-refractivity contribution in [1.29, 1.82) is 5.26 Å². The summed E-state index contributed by atoms with van der Waals surface area (Å²) in [5.74, 6) is 0. The monoisotopic (exact) mass is 407 g/mol. The predicted molar refractivity (Wildman–Crippen MR) is 97.1 cm³/mol. The molecule has 2 aromatic heterocycles. The molecule has 0 aliphatic heterocycles. The molecule has 3 rings (SSSR count). The summed E-state index contributed by atoms with van der Waals surface area (Å²) in [4.78, 5) is 4.24. The second-order valence-electron chi connectivity index (χ2n) is 6.02. The predicted octanol–water partition coefficient (Wildman–Crippen LogP) is 3.97. The Hall–Kier alpha value is -2.86. The maximum absolute atomic E-state index is 13.0. The highest BCUT2D eigenvalue weighted by Gasteiger charge is 2.31. The minimum absolute atomic E-state index is 0.0375. The van der Waals surface area contributed by atoms with Gasteiger partial charge in [0.2, 0.25) is 0 Å². The quantitative estimate of drug-likeness (QED) is 0.506. The fraction of sp³-hybridized carbons (Fsp3) is 0.158. The van der Waals surface area contributed by atoms with E-state index in [0.29, 0.717) is 22.2 Å². The van der Waals surface area contributed by atoms with Gasteiger partial charge in [0.1, 0.15) is 11.7 Å². The third-order valence-electron chi connectivity index (χ3n) is 4.02. The third kappa shape index (κ3) is 4.17. The molecule has 144 valence electrons. The standard InChI is InChI=1S/C19H13ClF3N3O2/c20-15-5-11(4-14(7-15)19(21,22)23)9-26-10-13(6-12(8-24)18(27)28)16-2-1-3-25-17(16)26/h1-7,10,18,27-28H,9H2/b12-6+. The summed E-state index contributed by atoms with van der Waals surface area (Å²) in [6, 6.07) is 8.36. The zero-order valence-corrected chi connectivity index (χ0v) is 14.9. The van der Waals surface area contributed by atoms with E-state index in [1.165, 1.54) is 18.3 Å². The van der Waals surface area contributed by atoms with E-state index in [4.69, 9.17) is 16.9 Å². The second-order valence-corrected chi connectivity index (χ2v) is 6.45. The molecular formula is C19H13ClF3N3O2. The fourth-order valence-corrected chi connectivity index (χ4v) is 3.08. The number of nitriles is 1. The third-order valence-corrected chi connectivity index (χ3v) is 4.24. The Balaban J connectivity index is 2.09. The van der Waals surface area contributed by atoms with Crippen LogP contribution in [0.25, 0.3) is 17.1 Å². The first-order valence-corrected chi connectivity index (χ1v) is 8.35. The maximum atomic E-state index is 13.0. The lowest BCUT2D eigenvalue weighted by Crippen LogP contribution is -2.07. The number of pyridine rings is 1. The molecule has 2 heterocycles. The largest absolute Gasteiger partial charge is 0.416 e. The highest BCUT2D eigenvalue weighted by Crippen LogP contribution is 2.32. The summed E-state index contributed by atoms with van der Waals surface area (Å²) < 4.78 is 40.7. The lowest BCUT2D eigenvalue weighted by Gasteiger charge is -2.11. The molecule has 0 bridgehead atoms. The minimum Gasteiger partial charge on any atom is -0.364 e. The van der Waals surface area contributed by atoms with Crippen molar-refractivity contribution < 1.29 is 23.4 Å². The Morgan fingerprint density at radius 1 is 1.32 bits per heavy atom.